The maximum Gasteiger partial charge on any atom is 0.240 e. The molecule has 1 saturated carbocycles. The van der Waals surface area contributed by atoms with Crippen molar-refractivity contribution >= 4 is 42.1 Å². The van der Waals surface area contributed by atoms with Gasteiger partial charge in [-0.05, 0) is 26.7 Å². The van der Waals surface area contributed by atoms with Crippen LogP contribution in [0.5, 0.6) is 0 Å². The molecule has 1 aliphatic rings. The molecule has 0 radical (unpaired) electrons. The van der Waals surface area contributed by atoms with Gasteiger partial charge in [-0.15, -0.1) is 36.2 Å². The predicted octanol–water partition coefficient (Wildman–Crippen LogP) is 2.74. The van der Waals surface area contributed by atoms with E-state index >= 15 is 0 Å². The van der Waals surface area contributed by atoms with E-state index in [1.54, 1.807) is 11.3 Å². The van der Waals surface area contributed by atoms with Crippen molar-refractivity contribution in [2.24, 2.45) is 5.73 Å². The number of carbonyl (C=O) groups is 1. The molecule has 1 unspecified atom stereocenters. The molecule has 1 atom stereocenters. The van der Waals surface area contributed by atoms with Crippen molar-refractivity contribution in [2.45, 2.75) is 51.1 Å². The molecule has 0 aliphatic heterocycles. The molecule has 1 heterocycles. The Labute approximate surface area is 130 Å². The first-order valence-corrected chi connectivity index (χ1v) is 6.85. The quantitative estimate of drug-likeness (QED) is 0.897. The number of carbonyl (C=O) groups excluding carboxylic acids is 1. The molecule has 1 amide bonds. The van der Waals surface area contributed by atoms with E-state index in [-0.39, 0.29) is 36.8 Å². The molecule has 0 spiro atoms. The zero-order valence-corrected chi connectivity index (χ0v) is 13.6. The maximum absolute atomic E-state index is 12.1. The van der Waals surface area contributed by atoms with Gasteiger partial charge in [0.1, 0.15) is 5.01 Å². The second-order valence-electron chi connectivity index (χ2n) is 4.87. The van der Waals surface area contributed by atoms with E-state index in [0.717, 1.165) is 35.6 Å². The summed E-state index contributed by atoms with van der Waals surface area (Å²) in [6.07, 6.45) is 5.52. The molecule has 1 aromatic heterocycles. The number of rotatable bonds is 3. The van der Waals surface area contributed by atoms with Gasteiger partial charge in [-0.1, -0.05) is 12.8 Å². The summed E-state index contributed by atoms with van der Waals surface area (Å²) >= 11 is 1.61. The number of hydrogen-bond donors (Lipinski definition) is 2. The van der Waals surface area contributed by atoms with Crippen molar-refractivity contribution < 1.29 is 4.79 Å². The van der Waals surface area contributed by atoms with E-state index in [0.29, 0.717) is 0 Å². The van der Waals surface area contributed by atoms with Crippen LogP contribution in [-0.4, -0.2) is 16.4 Å². The first-order valence-electron chi connectivity index (χ1n) is 6.03. The van der Waals surface area contributed by atoms with Crippen LogP contribution in [0.15, 0.2) is 6.20 Å². The minimum atomic E-state index is -0.652. The maximum atomic E-state index is 12.1. The summed E-state index contributed by atoms with van der Waals surface area (Å²) in [5.41, 5.74) is 5.45. The highest BCUT2D eigenvalue weighted by atomic mass is 35.5. The minimum Gasteiger partial charge on any atom is -0.346 e. The second-order valence-corrected chi connectivity index (χ2v) is 6.13. The molecule has 1 aromatic rings. The topological polar surface area (TPSA) is 68.0 Å². The van der Waals surface area contributed by atoms with Gasteiger partial charge in [-0.25, -0.2) is 4.98 Å². The molecule has 19 heavy (non-hydrogen) atoms. The van der Waals surface area contributed by atoms with Crippen LogP contribution in [0.2, 0.25) is 0 Å². The van der Waals surface area contributed by atoms with Crippen LogP contribution in [0.25, 0.3) is 0 Å². The monoisotopic (exact) mass is 325 g/mol. The summed E-state index contributed by atoms with van der Waals surface area (Å²) in [6, 6.07) is -0.0535. The Kier molecular flexibility index (Phi) is 7.29. The highest BCUT2D eigenvalue weighted by molar-refractivity contribution is 7.11. The third kappa shape index (κ3) is 4.31. The number of nitrogens with two attached hydrogens (primary N) is 1. The molecular weight excluding hydrogens is 305 g/mol. The van der Waals surface area contributed by atoms with Gasteiger partial charge in [0.25, 0.3) is 0 Å². The number of amides is 1. The van der Waals surface area contributed by atoms with E-state index in [9.17, 15) is 4.79 Å². The average Bonchev–Trinajstić information content (AvgIpc) is 2.88. The largest absolute Gasteiger partial charge is 0.346 e. The number of nitrogens with one attached hydrogen (secondary N) is 1. The van der Waals surface area contributed by atoms with Gasteiger partial charge >= 0.3 is 0 Å². The highest BCUT2D eigenvalue weighted by Crippen LogP contribution is 2.28. The van der Waals surface area contributed by atoms with Crippen LogP contribution in [0, 0.1) is 6.92 Å². The summed E-state index contributed by atoms with van der Waals surface area (Å²) < 4.78 is 0. The molecule has 4 nitrogen and oxygen atoms in total. The minimum absolute atomic E-state index is 0. The number of nitrogens with zero attached hydrogens (tertiary/aromatic N) is 1. The number of thiazole rings is 1. The van der Waals surface area contributed by atoms with E-state index in [2.05, 4.69) is 10.3 Å². The van der Waals surface area contributed by atoms with Gasteiger partial charge in [0.2, 0.25) is 5.91 Å². The van der Waals surface area contributed by atoms with Crippen LogP contribution in [0.4, 0.5) is 0 Å². The van der Waals surface area contributed by atoms with Crippen molar-refractivity contribution in [2.75, 3.05) is 0 Å². The lowest BCUT2D eigenvalue weighted by molar-refractivity contribution is -0.126. The Balaban J connectivity index is 0.00000162. The second kappa shape index (κ2) is 7.43. The van der Waals surface area contributed by atoms with Gasteiger partial charge in [0, 0.05) is 11.1 Å². The normalized spacial score (nSPS) is 18.1. The van der Waals surface area contributed by atoms with Gasteiger partial charge in [0.15, 0.2) is 0 Å². The SMILES string of the molecule is Cc1cnc(C(C)NC(=O)C2(N)CCCC2)s1.Cl.Cl. The lowest BCUT2D eigenvalue weighted by Crippen LogP contribution is -2.52. The zero-order chi connectivity index (χ0) is 12.5. The van der Waals surface area contributed by atoms with E-state index in [1.807, 2.05) is 20.0 Å². The molecule has 0 aromatic carbocycles. The van der Waals surface area contributed by atoms with Crippen LogP contribution >= 0.6 is 36.2 Å². The Bertz CT molecular complexity index is 419. The third-order valence-electron chi connectivity index (χ3n) is 3.31. The molecule has 7 heteroatoms. The number of halogens is 2. The molecular formula is C12H21Cl2N3OS. The summed E-state index contributed by atoms with van der Waals surface area (Å²) in [5, 5.41) is 3.92. The van der Waals surface area contributed by atoms with Crippen molar-refractivity contribution in [3.05, 3.63) is 16.1 Å². The molecule has 0 saturated heterocycles. The molecule has 1 aliphatic carbocycles. The fourth-order valence-electron chi connectivity index (χ4n) is 2.21. The van der Waals surface area contributed by atoms with Gasteiger partial charge in [-0.3, -0.25) is 4.79 Å². The van der Waals surface area contributed by atoms with Crippen LogP contribution in [-0.2, 0) is 4.79 Å². The summed E-state index contributed by atoms with van der Waals surface area (Å²) in [6.45, 7) is 3.96. The fourth-order valence-corrected chi connectivity index (χ4v) is 2.98. The average molecular weight is 326 g/mol. The van der Waals surface area contributed by atoms with Crippen molar-refractivity contribution in [1.82, 2.24) is 10.3 Å². The Morgan fingerprint density at radius 2 is 2.05 bits per heavy atom. The number of hydrogen-bond acceptors (Lipinski definition) is 4. The highest BCUT2D eigenvalue weighted by Gasteiger charge is 2.37. The molecule has 110 valence electrons. The van der Waals surface area contributed by atoms with Gasteiger partial charge in [0.05, 0.1) is 11.6 Å². The predicted molar refractivity (Wildman–Crippen MR) is 83.3 cm³/mol. The lowest BCUT2D eigenvalue weighted by Gasteiger charge is -2.24. The zero-order valence-electron chi connectivity index (χ0n) is 11.1. The van der Waals surface area contributed by atoms with Crippen molar-refractivity contribution in [1.29, 1.82) is 0 Å². The molecule has 2 rings (SSSR count). The smallest absolute Gasteiger partial charge is 0.240 e. The number of aromatic nitrogens is 1. The Hall–Kier alpha value is -0.360. The molecule has 0 bridgehead atoms. The van der Waals surface area contributed by atoms with E-state index < -0.39 is 5.54 Å². The van der Waals surface area contributed by atoms with Crippen molar-refractivity contribution in [3.8, 4) is 0 Å². The fraction of sp³-hybridized carbons (Fsp3) is 0.667. The third-order valence-corrected chi connectivity index (χ3v) is 4.40. The lowest BCUT2D eigenvalue weighted by atomic mass is 9.98. The van der Waals surface area contributed by atoms with Crippen LogP contribution in [0.1, 0.15) is 48.5 Å². The first kappa shape index (κ1) is 18.6. The van der Waals surface area contributed by atoms with Crippen LogP contribution in [0.3, 0.4) is 0 Å². The summed E-state index contributed by atoms with van der Waals surface area (Å²) in [5.74, 6) is -0.0321. The van der Waals surface area contributed by atoms with Crippen LogP contribution < -0.4 is 11.1 Å². The summed E-state index contributed by atoms with van der Waals surface area (Å²) in [4.78, 5) is 17.5. The van der Waals surface area contributed by atoms with E-state index in [1.165, 1.54) is 0 Å². The van der Waals surface area contributed by atoms with Crippen molar-refractivity contribution in [3.63, 3.8) is 0 Å². The van der Waals surface area contributed by atoms with E-state index in [4.69, 9.17) is 5.73 Å². The van der Waals surface area contributed by atoms with Gasteiger partial charge in [-0.2, -0.15) is 0 Å². The Morgan fingerprint density at radius 1 is 1.47 bits per heavy atom. The van der Waals surface area contributed by atoms with Gasteiger partial charge < -0.3 is 11.1 Å². The first-order chi connectivity index (χ1) is 8.01. The molecule has 3 N–H and O–H groups in total. The molecule has 1 fully saturated rings. The standard InChI is InChI=1S/C12H19N3OS.2ClH/c1-8-7-14-10(17-8)9(2)15-11(16)12(13)5-3-4-6-12;;/h7,9H,3-6,13H2,1-2H3,(H,15,16);2*1H. The summed E-state index contributed by atoms with van der Waals surface area (Å²) in [7, 11) is 0. The number of aryl methyl sites for hydroxylation is 1. The Morgan fingerprint density at radius 3 is 2.53 bits per heavy atom.